The molecule has 0 aromatic heterocycles. The van der Waals surface area contributed by atoms with Crippen molar-refractivity contribution in [1.29, 1.82) is 0 Å². The van der Waals surface area contributed by atoms with Crippen LogP contribution in [-0.2, 0) is 28.6 Å². The third-order valence-electron chi connectivity index (χ3n) is 15.4. The van der Waals surface area contributed by atoms with E-state index in [1.54, 1.807) is 0 Å². The van der Waals surface area contributed by atoms with Gasteiger partial charge in [0.25, 0.3) is 0 Å². The lowest BCUT2D eigenvalue weighted by molar-refractivity contribution is -0.167. The van der Waals surface area contributed by atoms with Crippen LogP contribution in [0.25, 0.3) is 0 Å². The van der Waals surface area contributed by atoms with Gasteiger partial charge in [0.15, 0.2) is 6.10 Å². The molecule has 0 aliphatic rings. The molecule has 1 atom stereocenters. The van der Waals surface area contributed by atoms with Crippen molar-refractivity contribution in [3.05, 3.63) is 85.1 Å². The molecular formula is C75H132O6. The molecule has 0 radical (unpaired) electrons. The first-order valence-electron chi connectivity index (χ1n) is 35.1. The average Bonchev–Trinajstić information content (AvgIpc) is 3.47. The van der Waals surface area contributed by atoms with Crippen LogP contribution >= 0.6 is 0 Å². The van der Waals surface area contributed by atoms with E-state index in [9.17, 15) is 14.4 Å². The van der Waals surface area contributed by atoms with Gasteiger partial charge >= 0.3 is 17.9 Å². The number of rotatable bonds is 64. The van der Waals surface area contributed by atoms with Gasteiger partial charge in [-0.05, 0) is 96.3 Å². The number of unbranched alkanes of at least 4 members (excludes halogenated alkanes) is 39. The first kappa shape index (κ1) is 77.6. The van der Waals surface area contributed by atoms with E-state index in [0.29, 0.717) is 19.3 Å². The largest absolute Gasteiger partial charge is 0.462 e. The van der Waals surface area contributed by atoms with Crippen LogP contribution in [0.4, 0.5) is 0 Å². The Hall–Kier alpha value is -3.41. The fourth-order valence-electron chi connectivity index (χ4n) is 10.2. The van der Waals surface area contributed by atoms with E-state index in [-0.39, 0.29) is 31.1 Å². The summed E-state index contributed by atoms with van der Waals surface area (Å²) in [7, 11) is 0. The molecule has 0 fully saturated rings. The van der Waals surface area contributed by atoms with Crippen LogP contribution in [0.3, 0.4) is 0 Å². The van der Waals surface area contributed by atoms with E-state index in [0.717, 1.165) is 116 Å². The van der Waals surface area contributed by atoms with E-state index < -0.39 is 6.10 Å². The monoisotopic (exact) mass is 1130 g/mol. The van der Waals surface area contributed by atoms with Crippen LogP contribution in [0.1, 0.15) is 355 Å². The molecule has 6 heteroatoms. The lowest BCUT2D eigenvalue weighted by atomic mass is 10.0. The summed E-state index contributed by atoms with van der Waals surface area (Å²) in [5.74, 6) is -0.895. The summed E-state index contributed by atoms with van der Waals surface area (Å²) in [6.45, 7) is 6.47. The first-order chi connectivity index (χ1) is 40.0. The van der Waals surface area contributed by atoms with Crippen LogP contribution in [0.15, 0.2) is 85.1 Å². The molecule has 468 valence electrons. The van der Waals surface area contributed by atoms with Gasteiger partial charge in [-0.25, -0.2) is 0 Å². The molecule has 0 aromatic carbocycles. The summed E-state index contributed by atoms with van der Waals surface area (Å²) in [6.07, 6.45) is 92.5. The Morgan fingerprint density at radius 1 is 0.259 bits per heavy atom. The van der Waals surface area contributed by atoms with Gasteiger partial charge in [-0.3, -0.25) is 14.4 Å². The predicted octanol–water partition coefficient (Wildman–Crippen LogP) is 24.2. The van der Waals surface area contributed by atoms with Crippen LogP contribution in [0, 0.1) is 0 Å². The molecule has 81 heavy (non-hydrogen) atoms. The first-order valence-corrected chi connectivity index (χ1v) is 35.1. The third-order valence-corrected chi connectivity index (χ3v) is 15.4. The molecule has 0 heterocycles. The van der Waals surface area contributed by atoms with E-state index in [4.69, 9.17) is 14.2 Å². The van der Waals surface area contributed by atoms with Gasteiger partial charge in [-0.1, -0.05) is 324 Å². The minimum Gasteiger partial charge on any atom is -0.462 e. The molecule has 0 amide bonds. The summed E-state index contributed by atoms with van der Waals surface area (Å²) < 4.78 is 16.8. The average molecular weight is 1130 g/mol. The van der Waals surface area contributed by atoms with Crippen LogP contribution in [0.2, 0.25) is 0 Å². The molecule has 0 aliphatic heterocycles. The van der Waals surface area contributed by atoms with Crippen LogP contribution < -0.4 is 0 Å². The zero-order valence-corrected chi connectivity index (χ0v) is 53.8. The summed E-state index contributed by atoms with van der Waals surface area (Å²) in [5.41, 5.74) is 0. The summed E-state index contributed by atoms with van der Waals surface area (Å²) in [5, 5.41) is 0. The second kappa shape index (κ2) is 69.1. The lowest BCUT2D eigenvalue weighted by Gasteiger charge is -2.18. The number of allylic oxidation sites excluding steroid dienone is 14. The molecule has 0 aromatic rings. The molecule has 0 saturated heterocycles. The number of hydrogen-bond acceptors (Lipinski definition) is 6. The minimum absolute atomic E-state index is 0.0799. The van der Waals surface area contributed by atoms with Gasteiger partial charge < -0.3 is 14.2 Å². The van der Waals surface area contributed by atoms with E-state index in [2.05, 4.69) is 106 Å². The van der Waals surface area contributed by atoms with Crippen molar-refractivity contribution >= 4 is 17.9 Å². The Kier molecular flexibility index (Phi) is 66.2. The molecular weight excluding hydrogens is 997 g/mol. The maximum atomic E-state index is 12.8. The predicted molar refractivity (Wildman–Crippen MR) is 353 cm³/mol. The Morgan fingerprint density at radius 3 is 0.765 bits per heavy atom. The Labute approximate surface area is 503 Å². The minimum atomic E-state index is -0.781. The maximum absolute atomic E-state index is 12.8. The number of carbonyl (C=O) groups is 3. The van der Waals surface area contributed by atoms with Gasteiger partial charge in [0.2, 0.25) is 0 Å². The van der Waals surface area contributed by atoms with Crippen molar-refractivity contribution in [2.24, 2.45) is 0 Å². The topological polar surface area (TPSA) is 78.9 Å². The van der Waals surface area contributed by atoms with Gasteiger partial charge in [0.05, 0.1) is 0 Å². The molecule has 0 saturated carbocycles. The third kappa shape index (κ3) is 67.3. The zero-order chi connectivity index (χ0) is 58.5. The van der Waals surface area contributed by atoms with Crippen molar-refractivity contribution in [2.75, 3.05) is 13.2 Å². The van der Waals surface area contributed by atoms with Gasteiger partial charge in [-0.15, -0.1) is 0 Å². The van der Waals surface area contributed by atoms with Crippen molar-refractivity contribution < 1.29 is 28.6 Å². The Bertz CT molecular complexity index is 1530. The molecule has 0 bridgehead atoms. The van der Waals surface area contributed by atoms with E-state index >= 15 is 0 Å². The van der Waals surface area contributed by atoms with E-state index in [1.807, 2.05) is 0 Å². The van der Waals surface area contributed by atoms with Gasteiger partial charge in [-0.2, -0.15) is 0 Å². The number of carbonyl (C=O) groups excluding carboxylic acids is 3. The van der Waals surface area contributed by atoms with Crippen LogP contribution in [-0.4, -0.2) is 37.2 Å². The molecule has 0 spiro atoms. The lowest BCUT2D eigenvalue weighted by Crippen LogP contribution is -2.30. The van der Waals surface area contributed by atoms with Crippen molar-refractivity contribution in [2.45, 2.75) is 361 Å². The van der Waals surface area contributed by atoms with E-state index in [1.165, 1.54) is 199 Å². The highest BCUT2D eigenvalue weighted by atomic mass is 16.6. The highest BCUT2D eigenvalue weighted by Gasteiger charge is 2.19. The molecule has 0 N–H and O–H groups in total. The van der Waals surface area contributed by atoms with Gasteiger partial charge in [0.1, 0.15) is 13.2 Å². The second-order valence-corrected chi connectivity index (χ2v) is 23.4. The highest BCUT2D eigenvalue weighted by Crippen LogP contribution is 2.18. The van der Waals surface area contributed by atoms with Gasteiger partial charge in [0, 0.05) is 19.3 Å². The Balaban J connectivity index is 3.97. The fourth-order valence-corrected chi connectivity index (χ4v) is 10.2. The van der Waals surface area contributed by atoms with Crippen molar-refractivity contribution in [1.82, 2.24) is 0 Å². The summed E-state index contributed by atoms with van der Waals surface area (Å²) >= 11 is 0. The number of hydrogen-bond donors (Lipinski definition) is 0. The maximum Gasteiger partial charge on any atom is 0.306 e. The standard InChI is InChI=1S/C75H132O6/c1-4-7-10-13-15-17-19-21-23-25-27-29-31-33-34-35-36-37-38-39-40-42-43-45-47-49-51-53-55-57-59-62-65-68-74(77)80-71-72(70-79-73(76)67-64-61-12-9-6-3)81-75(78)69-66-63-60-58-56-54-52-50-48-46-44-41-32-30-28-26-24-22-20-18-16-14-11-8-5-2/h8,11,16,18,22,24-25,27-28,30,41,44,48,50,72H,4-7,9-10,12-15,17,19-21,23,26,29,31-40,42-43,45-47,49,51-71H2,1-3H3/b11-8-,18-16-,24-22-,27-25-,30-28-,44-41-,50-48-. The number of esters is 3. The summed E-state index contributed by atoms with van der Waals surface area (Å²) in [4.78, 5) is 38.0. The fraction of sp³-hybridized carbons (Fsp3) is 0.773. The smallest absolute Gasteiger partial charge is 0.306 e. The molecule has 0 aliphatic carbocycles. The normalized spacial score (nSPS) is 12.6. The highest BCUT2D eigenvalue weighted by molar-refractivity contribution is 5.71. The molecule has 6 nitrogen and oxygen atoms in total. The molecule has 1 unspecified atom stereocenters. The van der Waals surface area contributed by atoms with Crippen molar-refractivity contribution in [3.8, 4) is 0 Å². The zero-order valence-electron chi connectivity index (χ0n) is 53.8. The quantitative estimate of drug-likeness (QED) is 0.0261. The van der Waals surface area contributed by atoms with Crippen LogP contribution in [0.5, 0.6) is 0 Å². The molecule has 0 rings (SSSR count). The summed E-state index contributed by atoms with van der Waals surface area (Å²) in [6, 6.07) is 0. The number of ether oxygens (including phenoxy) is 3. The second-order valence-electron chi connectivity index (χ2n) is 23.4. The SMILES string of the molecule is CC/C=C\C/C=C\C/C=C\C/C=C\C/C=C\C/C=C\CCCCCCCCC(=O)OC(COC(=O)CCCCCCC)COC(=O)CCCCCCCCCCCCCCCCCCCCCCC/C=C\CCCCCCCCCC. The Morgan fingerprint density at radius 2 is 0.481 bits per heavy atom. The van der Waals surface area contributed by atoms with Crippen molar-refractivity contribution in [3.63, 3.8) is 0 Å².